The molecule has 0 radical (unpaired) electrons. The lowest BCUT2D eigenvalue weighted by Gasteiger charge is -2.38. The highest BCUT2D eigenvalue weighted by atomic mass is 16.5. The third kappa shape index (κ3) is 2.20. The molecule has 0 bridgehead atoms. The van der Waals surface area contributed by atoms with E-state index in [9.17, 15) is 5.11 Å². The Hall–Kier alpha value is -2.94. The van der Waals surface area contributed by atoms with Crippen molar-refractivity contribution >= 4 is 16.5 Å². The van der Waals surface area contributed by atoms with Crippen molar-refractivity contribution in [3.05, 3.63) is 77.9 Å². The molecule has 3 atom stereocenters. The topological polar surface area (TPSA) is 41.5 Å². The predicted octanol–water partition coefficient (Wildman–Crippen LogP) is 5.38. The Morgan fingerprint density at radius 1 is 1.08 bits per heavy atom. The zero-order chi connectivity index (χ0) is 17.7. The van der Waals surface area contributed by atoms with Crippen LogP contribution >= 0.6 is 0 Å². The number of rotatable bonds is 2. The summed E-state index contributed by atoms with van der Waals surface area (Å²) in [7, 11) is 1.59. The van der Waals surface area contributed by atoms with Gasteiger partial charge in [-0.2, -0.15) is 0 Å². The van der Waals surface area contributed by atoms with Crippen LogP contribution in [-0.2, 0) is 0 Å². The zero-order valence-electron chi connectivity index (χ0n) is 14.6. The number of allylic oxidation sites excluding steroid dienone is 2. The summed E-state index contributed by atoms with van der Waals surface area (Å²) in [6.07, 6.45) is 5.70. The van der Waals surface area contributed by atoms with Crippen LogP contribution in [0.25, 0.3) is 10.8 Å². The van der Waals surface area contributed by atoms with Gasteiger partial charge < -0.3 is 15.2 Å². The van der Waals surface area contributed by atoms with Crippen LogP contribution in [0, 0.1) is 5.92 Å². The molecule has 0 fully saturated rings. The van der Waals surface area contributed by atoms with Gasteiger partial charge in [0.1, 0.15) is 0 Å². The molecule has 0 aromatic heterocycles. The van der Waals surface area contributed by atoms with Gasteiger partial charge in [0.25, 0.3) is 0 Å². The van der Waals surface area contributed by atoms with E-state index in [1.54, 1.807) is 13.2 Å². The van der Waals surface area contributed by atoms with Crippen LogP contribution in [-0.4, -0.2) is 12.2 Å². The van der Waals surface area contributed by atoms with E-state index in [4.69, 9.17) is 4.74 Å². The van der Waals surface area contributed by atoms with Crippen LogP contribution in [0.3, 0.4) is 0 Å². The molecule has 1 heterocycles. The molecule has 3 aromatic rings. The van der Waals surface area contributed by atoms with Crippen molar-refractivity contribution in [2.75, 3.05) is 12.4 Å². The minimum atomic E-state index is 0.180. The first-order valence-electron chi connectivity index (χ1n) is 9.08. The molecular formula is C23H21NO2. The maximum Gasteiger partial charge on any atom is 0.160 e. The van der Waals surface area contributed by atoms with Gasteiger partial charge in [0, 0.05) is 17.0 Å². The second-order valence-corrected chi connectivity index (χ2v) is 7.16. The SMILES string of the molecule is COc1cc(C2Nc3c(ccc4ccccc34)C3C=CCC32)ccc1O. The fourth-order valence-electron chi connectivity index (χ4n) is 4.56. The van der Waals surface area contributed by atoms with Crippen molar-refractivity contribution in [3.63, 3.8) is 0 Å². The van der Waals surface area contributed by atoms with Crippen LogP contribution in [0.4, 0.5) is 5.69 Å². The highest BCUT2D eigenvalue weighted by Gasteiger charge is 2.38. The molecule has 5 rings (SSSR count). The minimum Gasteiger partial charge on any atom is -0.504 e. The summed E-state index contributed by atoms with van der Waals surface area (Å²) in [6.45, 7) is 0. The third-order valence-corrected chi connectivity index (χ3v) is 5.82. The van der Waals surface area contributed by atoms with Gasteiger partial charge >= 0.3 is 0 Å². The molecule has 130 valence electrons. The normalized spacial score (nSPS) is 23.3. The van der Waals surface area contributed by atoms with Gasteiger partial charge in [-0.1, -0.05) is 54.6 Å². The molecule has 1 aliphatic heterocycles. The van der Waals surface area contributed by atoms with Gasteiger partial charge in [0.05, 0.1) is 13.2 Å². The van der Waals surface area contributed by atoms with Crippen molar-refractivity contribution < 1.29 is 9.84 Å². The van der Waals surface area contributed by atoms with Crippen molar-refractivity contribution in [2.45, 2.75) is 18.4 Å². The lowest BCUT2D eigenvalue weighted by molar-refractivity contribution is 0.370. The largest absolute Gasteiger partial charge is 0.504 e. The van der Waals surface area contributed by atoms with E-state index in [-0.39, 0.29) is 11.8 Å². The van der Waals surface area contributed by atoms with Crippen LogP contribution < -0.4 is 10.1 Å². The quantitative estimate of drug-likeness (QED) is 0.614. The van der Waals surface area contributed by atoms with Gasteiger partial charge in [-0.05, 0) is 41.0 Å². The lowest BCUT2D eigenvalue weighted by Crippen LogP contribution is -2.29. The van der Waals surface area contributed by atoms with Gasteiger partial charge in [-0.15, -0.1) is 0 Å². The summed E-state index contributed by atoms with van der Waals surface area (Å²) in [4.78, 5) is 0. The Bertz CT molecular complexity index is 1020. The number of anilines is 1. The van der Waals surface area contributed by atoms with Crippen molar-refractivity contribution in [1.82, 2.24) is 0 Å². The number of ether oxygens (including phenoxy) is 1. The molecule has 0 amide bonds. The van der Waals surface area contributed by atoms with Crippen LogP contribution in [0.5, 0.6) is 11.5 Å². The zero-order valence-corrected chi connectivity index (χ0v) is 14.6. The molecule has 0 spiro atoms. The molecule has 3 heteroatoms. The third-order valence-electron chi connectivity index (χ3n) is 5.82. The van der Waals surface area contributed by atoms with E-state index >= 15 is 0 Å². The molecular weight excluding hydrogens is 322 g/mol. The Kier molecular flexibility index (Phi) is 3.42. The fraction of sp³-hybridized carbons (Fsp3) is 0.217. The maximum absolute atomic E-state index is 9.96. The molecule has 0 saturated heterocycles. The Morgan fingerprint density at radius 2 is 1.96 bits per heavy atom. The Morgan fingerprint density at radius 3 is 2.85 bits per heavy atom. The number of aromatic hydroxyl groups is 1. The highest BCUT2D eigenvalue weighted by molar-refractivity contribution is 5.96. The first kappa shape index (κ1) is 15.3. The van der Waals surface area contributed by atoms with Gasteiger partial charge in [0.15, 0.2) is 11.5 Å². The molecule has 26 heavy (non-hydrogen) atoms. The molecule has 2 aliphatic rings. The van der Waals surface area contributed by atoms with Gasteiger partial charge in [0.2, 0.25) is 0 Å². The number of hydrogen-bond donors (Lipinski definition) is 2. The maximum atomic E-state index is 9.96. The monoisotopic (exact) mass is 343 g/mol. The van der Waals surface area contributed by atoms with Gasteiger partial charge in [-0.3, -0.25) is 0 Å². The number of phenolic OH excluding ortho intramolecular Hbond substituents is 1. The summed E-state index contributed by atoms with van der Waals surface area (Å²) in [5, 5.41) is 16.3. The summed E-state index contributed by atoms with van der Waals surface area (Å²) in [5.41, 5.74) is 3.76. The number of benzene rings is 3. The smallest absolute Gasteiger partial charge is 0.160 e. The molecule has 3 aromatic carbocycles. The van der Waals surface area contributed by atoms with E-state index in [2.05, 4.69) is 53.9 Å². The Labute approximate surface area is 152 Å². The summed E-state index contributed by atoms with van der Waals surface area (Å²) in [6, 6.07) is 18.9. The fourth-order valence-corrected chi connectivity index (χ4v) is 4.56. The standard InChI is InChI=1S/C23H21NO2/c1-26-21-13-15(10-12-20(21)25)22-18-8-4-7-17(18)19-11-9-14-5-2-3-6-16(14)23(19)24-22/h2-7,9-13,17-18,22,24-25H,8H2,1H3. The predicted molar refractivity (Wildman–Crippen MR) is 105 cm³/mol. The first-order valence-corrected chi connectivity index (χ1v) is 9.08. The summed E-state index contributed by atoms with van der Waals surface area (Å²) < 4.78 is 5.33. The van der Waals surface area contributed by atoms with E-state index < -0.39 is 0 Å². The van der Waals surface area contributed by atoms with E-state index in [0.717, 1.165) is 12.0 Å². The number of fused-ring (bicyclic) bond motifs is 5. The average Bonchev–Trinajstić information content (AvgIpc) is 3.17. The van der Waals surface area contributed by atoms with E-state index in [1.807, 2.05) is 12.1 Å². The number of nitrogens with one attached hydrogen (secondary N) is 1. The van der Waals surface area contributed by atoms with E-state index in [0.29, 0.717) is 17.6 Å². The number of phenols is 1. The highest BCUT2D eigenvalue weighted by Crippen LogP contribution is 2.52. The number of hydrogen-bond acceptors (Lipinski definition) is 3. The molecule has 2 N–H and O–H groups in total. The lowest BCUT2D eigenvalue weighted by atomic mass is 9.76. The second-order valence-electron chi connectivity index (χ2n) is 7.16. The second kappa shape index (κ2) is 5.80. The molecule has 1 aliphatic carbocycles. The first-order chi connectivity index (χ1) is 12.8. The Balaban J connectivity index is 1.67. The van der Waals surface area contributed by atoms with Crippen LogP contribution in [0.2, 0.25) is 0 Å². The average molecular weight is 343 g/mol. The van der Waals surface area contributed by atoms with Crippen LogP contribution in [0.1, 0.15) is 29.5 Å². The minimum absolute atomic E-state index is 0.180. The van der Waals surface area contributed by atoms with Crippen molar-refractivity contribution in [3.8, 4) is 11.5 Å². The van der Waals surface area contributed by atoms with E-state index in [1.165, 1.54) is 22.0 Å². The van der Waals surface area contributed by atoms with Crippen LogP contribution in [0.15, 0.2) is 66.7 Å². The molecule has 3 nitrogen and oxygen atoms in total. The summed E-state index contributed by atoms with van der Waals surface area (Å²) in [5.74, 6) is 1.59. The van der Waals surface area contributed by atoms with Gasteiger partial charge in [-0.25, -0.2) is 0 Å². The summed E-state index contributed by atoms with van der Waals surface area (Å²) >= 11 is 0. The van der Waals surface area contributed by atoms with Crippen molar-refractivity contribution in [1.29, 1.82) is 0 Å². The van der Waals surface area contributed by atoms with Crippen molar-refractivity contribution in [2.24, 2.45) is 5.92 Å². The number of methoxy groups -OCH3 is 1. The molecule has 0 saturated carbocycles. The molecule has 3 unspecified atom stereocenters.